The highest BCUT2D eigenvalue weighted by atomic mass is 32.2. The smallest absolute Gasteiger partial charge is 0.307 e. The van der Waals surface area contributed by atoms with E-state index in [1.807, 2.05) is 26.0 Å². The topological polar surface area (TPSA) is 156 Å². The number of nitrogens with zero attached hydrogens (tertiary/aromatic N) is 1. The molecule has 3 fully saturated rings. The van der Waals surface area contributed by atoms with Gasteiger partial charge in [0.1, 0.15) is 5.60 Å². The van der Waals surface area contributed by atoms with Gasteiger partial charge in [0, 0.05) is 19.4 Å². The summed E-state index contributed by atoms with van der Waals surface area (Å²) in [4.78, 5) is 55.9. The summed E-state index contributed by atoms with van der Waals surface area (Å²) in [6, 6.07) is -1.02. The summed E-state index contributed by atoms with van der Waals surface area (Å²) in [5, 5.41) is 10.6. The lowest BCUT2D eigenvalue weighted by molar-refractivity contribution is -0.163. The number of aliphatic hydroxyl groups excluding tert-OH is 1. The van der Waals surface area contributed by atoms with Crippen molar-refractivity contribution in [1.29, 1.82) is 0 Å². The summed E-state index contributed by atoms with van der Waals surface area (Å²) in [7, 11) is -3.91. The molecule has 0 spiro atoms. The van der Waals surface area contributed by atoms with Crippen molar-refractivity contribution in [1.82, 2.24) is 9.62 Å². The number of ether oxygens (including phenoxy) is 2. The molecule has 1 saturated heterocycles. The van der Waals surface area contributed by atoms with Gasteiger partial charge in [0.05, 0.1) is 46.9 Å². The molecule has 2 aliphatic heterocycles. The number of hydrogen-bond donors (Lipinski definition) is 2. The van der Waals surface area contributed by atoms with E-state index in [1.54, 1.807) is 27.7 Å². The van der Waals surface area contributed by atoms with Crippen LogP contribution < -0.4 is 4.72 Å². The molecule has 0 aromatic rings. The summed E-state index contributed by atoms with van der Waals surface area (Å²) < 4.78 is 38.9. The molecule has 4 aliphatic rings. The molecule has 0 aromatic heterocycles. The second-order valence-corrected chi connectivity index (χ2v) is 16.4. The zero-order valence-electron chi connectivity index (χ0n) is 26.3. The van der Waals surface area contributed by atoms with E-state index in [-0.39, 0.29) is 37.8 Å². The Balaban J connectivity index is 1.65. The Morgan fingerprint density at radius 1 is 1.23 bits per heavy atom. The first-order valence-corrected chi connectivity index (χ1v) is 17.0. The molecule has 7 atom stereocenters. The molecule has 2 N–H and O–H groups in total. The Morgan fingerprint density at radius 2 is 1.91 bits per heavy atom. The quantitative estimate of drug-likeness (QED) is 0.335. The number of allylic oxidation sites excluding steroid dienone is 2. The third kappa shape index (κ3) is 7.50. The zero-order valence-corrected chi connectivity index (χ0v) is 27.1. The minimum absolute atomic E-state index is 0.00758. The van der Waals surface area contributed by atoms with Crippen LogP contribution in [0.2, 0.25) is 0 Å². The molecule has 2 amide bonds. The molecule has 0 bridgehead atoms. The van der Waals surface area contributed by atoms with E-state index < -0.39 is 73.5 Å². The molecule has 12 heteroatoms. The number of esters is 1. The van der Waals surface area contributed by atoms with E-state index >= 15 is 0 Å². The van der Waals surface area contributed by atoms with E-state index in [0.717, 1.165) is 0 Å². The van der Waals surface area contributed by atoms with Gasteiger partial charge in [0.15, 0.2) is 5.78 Å². The predicted molar refractivity (Wildman–Crippen MR) is 158 cm³/mol. The first kappa shape index (κ1) is 33.6. The van der Waals surface area contributed by atoms with Crippen molar-refractivity contribution in [2.75, 3.05) is 6.54 Å². The van der Waals surface area contributed by atoms with Crippen molar-refractivity contribution < 1.29 is 42.2 Å². The van der Waals surface area contributed by atoms with Gasteiger partial charge in [-0.2, -0.15) is 0 Å². The number of aliphatic hydroxyl groups is 1. The molecule has 4 rings (SSSR count). The van der Waals surface area contributed by atoms with Crippen molar-refractivity contribution in [3.8, 4) is 0 Å². The highest BCUT2D eigenvalue weighted by molar-refractivity contribution is 7.91. The first-order chi connectivity index (χ1) is 19.9. The second-order valence-electron chi connectivity index (χ2n) is 14.2. The number of Topliss-reactive ketones (excluding diaryl/α,β-unsaturated/α-hetero) is 1. The minimum Gasteiger partial charge on any atom is -0.460 e. The molecule has 11 nitrogen and oxygen atoms in total. The monoisotopic (exact) mass is 624 g/mol. The Kier molecular flexibility index (Phi) is 9.55. The van der Waals surface area contributed by atoms with Crippen LogP contribution in [0.5, 0.6) is 0 Å². The second kappa shape index (κ2) is 12.2. The highest BCUT2D eigenvalue weighted by Gasteiger charge is 2.62. The maximum atomic E-state index is 14.1. The van der Waals surface area contributed by atoms with E-state index in [4.69, 9.17) is 9.47 Å². The van der Waals surface area contributed by atoms with Crippen molar-refractivity contribution in [3.05, 3.63) is 12.2 Å². The van der Waals surface area contributed by atoms with Gasteiger partial charge in [-0.15, -0.1) is 0 Å². The Hall–Kier alpha value is -2.31. The van der Waals surface area contributed by atoms with E-state index in [1.165, 1.54) is 4.90 Å². The number of carbonyl (C=O) groups excluding carboxylic acids is 4. The number of amides is 2. The molecular weight excluding hydrogens is 576 g/mol. The fraction of sp³-hybridized carbons (Fsp3) is 0.806. The molecule has 242 valence electrons. The summed E-state index contributed by atoms with van der Waals surface area (Å²) in [5.74, 6) is -3.44. The van der Waals surface area contributed by atoms with Crippen LogP contribution in [0.25, 0.3) is 0 Å². The third-order valence-corrected chi connectivity index (χ3v) is 11.5. The molecule has 0 aromatic carbocycles. The van der Waals surface area contributed by atoms with Crippen LogP contribution >= 0.6 is 0 Å². The van der Waals surface area contributed by atoms with Crippen molar-refractivity contribution in [3.63, 3.8) is 0 Å². The maximum absolute atomic E-state index is 14.1. The zero-order chi connectivity index (χ0) is 32.0. The predicted octanol–water partition coefficient (Wildman–Crippen LogP) is 2.79. The van der Waals surface area contributed by atoms with Gasteiger partial charge in [-0.3, -0.25) is 23.9 Å². The summed E-state index contributed by atoms with van der Waals surface area (Å²) >= 11 is 0. The number of sulfonamides is 1. The van der Waals surface area contributed by atoms with Crippen LogP contribution in [-0.4, -0.2) is 83.2 Å². The number of carbonyl (C=O) groups is 4. The fourth-order valence-electron chi connectivity index (χ4n) is 6.30. The van der Waals surface area contributed by atoms with Crippen molar-refractivity contribution in [2.45, 2.75) is 134 Å². The van der Waals surface area contributed by atoms with Gasteiger partial charge in [0.25, 0.3) is 0 Å². The maximum Gasteiger partial charge on any atom is 0.307 e. The largest absolute Gasteiger partial charge is 0.460 e. The van der Waals surface area contributed by atoms with Gasteiger partial charge < -0.3 is 19.5 Å². The van der Waals surface area contributed by atoms with Gasteiger partial charge in [-0.1, -0.05) is 19.1 Å². The number of fused-ring (bicyclic) bond motifs is 2. The molecular formula is C31H48N2O9S. The van der Waals surface area contributed by atoms with Crippen LogP contribution in [0.1, 0.15) is 99.3 Å². The lowest BCUT2D eigenvalue weighted by Crippen LogP contribution is -2.49. The average Bonchev–Trinajstić information content (AvgIpc) is 3.77. The third-order valence-electron chi connectivity index (χ3n) is 9.33. The number of nitrogens with one attached hydrogen (secondary N) is 1. The lowest BCUT2D eigenvalue weighted by Gasteiger charge is -2.33. The number of hydrogen-bond acceptors (Lipinski definition) is 9. The van der Waals surface area contributed by atoms with Gasteiger partial charge in [-0.05, 0) is 79.1 Å². The van der Waals surface area contributed by atoms with Crippen LogP contribution in [-0.2, 0) is 38.7 Å². The Labute approximate surface area is 255 Å². The van der Waals surface area contributed by atoms with Crippen LogP contribution in [0.3, 0.4) is 0 Å². The summed E-state index contributed by atoms with van der Waals surface area (Å²) in [5.41, 5.74) is -2.01. The minimum atomic E-state index is -3.91. The van der Waals surface area contributed by atoms with E-state index in [9.17, 15) is 32.7 Å². The summed E-state index contributed by atoms with van der Waals surface area (Å²) in [6.07, 6.45) is 4.33. The Morgan fingerprint density at radius 3 is 2.51 bits per heavy atom. The number of rotatable bonds is 6. The van der Waals surface area contributed by atoms with Crippen LogP contribution in [0.15, 0.2) is 12.2 Å². The van der Waals surface area contributed by atoms with Gasteiger partial charge >= 0.3 is 5.97 Å². The molecule has 43 heavy (non-hydrogen) atoms. The standard InChI is InChI=1S/C31H48N2O9S/c1-7-25-22(15-26(36)42-29(3,4)5)27(37)33-18-21(34)14-23(33)24(35)17-31(16-20(31)11-9-8-10-19(2)41-25)28(38)32-43(39,40)30(6)12-13-30/h9,11,19-23,25,34H,7-8,10,12-18H2,1-6H3,(H,32,38)/b11-9-/t19-,20-,21-,22+,23+,25+,31-/m1/s1. The molecule has 2 saturated carbocycles. The highest BCUT2D eigenvalue weighted by Crippen LogP contribution is 2.57. The normalized spacial score (nSPS) is 35.6. The first-order valence-electron chi connectivity index (χ1n) is 15.5. The number of ketones is 1. The molecule has 2 heterocycles. The van der Waals surface area contributed by atoms with E-state index in [0.29, 0.717) is 38.5 Å². The van der Waals surface area contributed by atoms with E-state index in [2.05, 4.69) is 4.72 Å². The van der Waals surface area contributed by atoms with Gasteiger partial charge in [0.2, 0.25) is 21.8 Å². The SMILES string of the molecule is CC[C@@H]1O[C@H](C)CC/C=C\[C@@H]2C[C@@]2(C(=O)NS(=O)(=O)C2(C)CC2)CC(=O)[C@@H]2C[C@@H](O)CN2C(=O)[C@H]1CC(=O)OC(C)(C)C. The lowest BCUT2D eigenvalue weighted by atomic mass is 9.90. The molecule has 2 aliphatic carbocycles. The summed E-state index contributed by atoms with van der Waals surface area (Å²) in [6.45, 7) is 10.5. The van der Waals surface area contributed by atoms with Crippen LogP contribution in [0.4, 0.5) is 0 Å². The van der Waals surface area contributed by atoms with Crippen molar-refractivity contribution >= 4 is 33.6 Å². The Bertz CT molecular complexity index is 1250. The molecule has 0 radical (unpaired) electrons. The fourth-order valence-corrected chi connectivity index (χ4v) is 7.63. The van der Waals surface area contributed by atoms with Gasteiger partial charge in [-0.25, -0.2) is 8.42 Å². The average molecular weight is 625 g/mol. The molecule has 0 unspecified atom stereocenters. The van der Waals surface area contributed by atoms with Crippen molar-refractivity contribution in [2.24, 2.45) is 17.3 Å². The van der Waals surface area contributed by atoms with Crippen LogP contribution in [0, 0.1) is 17.3 Å².